The van der Waals surface area contributed by atoms with Gasteiger partial charge < -0.3 is 15.0 Å². The number of nitrogens with one attached hydrogen (secondary N) is 1. The number of methoxy groups -OCH3 is 1. The smallest absolute Gasteiger partial charge is 0.274 e. The van der Waals surface area contributed by atoms with E-state index in [0.29, 0.717) is 49.0 Å². The predicted octanol–water partition coefficient (Wildman–Crippen LogP) is 3.02. The monoisotopic (exact) mass is 476 g/mol. The summed E-state index contributed by atoms with van der Waals surface area (Å²) in [5.41, 5.74) is 0.938. The van der Waals surface area contributed by atoms with Gasteiger partial charge >= 0.3 is 0 Å². The maximum atomic E-state index is 13.2. The van der Waals surface area contributed by atoms with Crippen LogP contribution < -0.4 is 15.6 Å². The maximum Gasteiger partial charge on any atom is 0.274 e. The lowest BCUT2D eigenvalue weighted by molar-refractivity contribution is -0.131. The average molecular weight is 477 g/mol. The van der Waals surface area contributed by atoms with Crippen molar-refractivity contribution in [2.45, 2.75) is 45.7 Å². The number of likely N-dealkylation sites (tertiary alicyclic amines) is 1. The molecule has 2 heterocycles. The van der Waals surface area contributed by atoms with Crippen molar-refractivity contribution in [3.63, 3.8) is 0 Å². The Kier molecular flexibility index (Phi) is 7.48. The Morgan fingerprint density at radius 1 is 1.06 bits per heavy atom. The zero-order valence-corrected chi connectivity index (χ0v) is 20.5. The topological polar surface area (TPSA) is 93.5 Å². The minimum atomic E-state index is -0.294. The summed E-state index contributed by atoms with van der Waals surface area (Å²) in [5, 5.41) is 8.55. The summed E-state index contributed by atoms with van der Waals surface area (Å²) in [6.45, 7) is 5.59. The van der Waals surface area contributed by atoms with Crippen LogP contribution in [-0.4, -0.2) is 52.7 Å². The molecule has 0 bridgehead atoms. The van der Waals surface area contributed by atoms with Gasteiger partial charge in [-0.2, -0.15) is 5.10 Å². The van der Waals surface area contributed by atoms with Crippen LogP contribution in [0.1, 0.15) is 42.7 Å². The van der Waals surface area contributed by atoms with E-state index in [1.807, 2.05) is 43.0 Å². The first-order chi connectivity index (χ1) is 16.9. The third kappa shape index (κ3) is 5.53. The molecule has 1 saturated heterocycles. The van der Waals surface area contributed by atoms with Gasteiger partial charge in [0.25, 0.3) is 11.5 Å². The highest BCUT2D eigenvalue weighted by Crippen LogP contribution is 2.20. The number of ether oxygens (including phenoxy) is 1. The summed E-state index contributed by atoms with van der Waals surface area (Å²) in [4.78, 5) is 40.7. The molecule has 3 aromatic rings. The second kappa shape index (κ2) is 10.7. The summed E-state index contributed by atoms with van der Waals surface area (Å²) in [5.74, 6) is 0.682. The van der Waals surface area contributed by atoms with Crippen molar-refractivity contribution >= 4 is 22.6 Å². The molecule has 0 saturated carbocycles. The number of nitrogens with zero attached hydrogens (tertiary/aromatic N) is 3. The quantitative estimate of drug-likeness (QED) is 0.566. The highest BCUT2D eigenvalue weighted by Gasteiger charge is 2.26. The normalized spacial score (nSPS) is 14.3. The van der Waals surface area contributed by atoms with Gasteiger partial charge in [-0.25, -0.2) is 4.68 Å². The Hall–Kier alpha value is -3.68. The van der Waals surface area contributed by atoms with Crippen molar-refractivity contribution in [1.29, 1.82) is 0 Å². The number of hydrogen-bond acceptors (Lipinski definition) is 5. The van der Waals surface area contributed by atoms with Crippen LogP contribution >= 0.6 is 0 Å². The zero-order chi connectivity index (χ0) is 24.9. The van der Waals surface area contributed by atoms with Crippen LogP contribution in [0.15, 0.2) is 53.3 Å². The van der Waals surface area contributed by atoms with E-state index in [0.717, 1.165) is 5.56 Å². The van der Waals surface area contributed by atoms with Gasteiger partial charge in [-0.05, 0) is 30.9 Å². The number of aromatic nitrogens is 2. The molecule has 2 aromatic carbocycles. The molecule has 1 aliphatic heterocycles. The van der Waals surface area contributed by atoms with Crippen LogP contribution in [0.25, 0.3) is 10.8 Å². The van der Waals surface area contributed by atoms with E-state index < -0.39 is 0 Å². The van der Waals surface area contributed by atoms with Gasteiger partial charge in [0.2, 0.25) is 5.91 Å². The molecule has 1 fully saturated rings. The first-order valence-corrected chi connectivity index (χ1v) is 12.1. The summed E-state index contributed by atoms with van der Waals surface area (Å²) in [6.07, 6.45) is 1.61. The van der Waals surface area contributed by atoms with Crippen LogP contribution in [0, 0.1) is 5.92 Å². The Labute approximate surface area is 204 Å². The molecule has 0 atom stereocenters. The van der Waals surface area contributed by atoms with Gasteiger partial charge in [-0.1, -0.05) is 50.2 Å². The van der Waals surface area contributed by atoms with Crippen LogP contribution in [0.2, 0.25) is 0 Å². The Morgan fingerprint density at radius 2 is 1.71 bits per heavy atom. The third-order valence-electron chi connectivity index (χ3n) is 6.34. The SMILES string of the molecule is COc1ccccc1CC(=O)N1CCC(NC(=O)c2nn(CC(C)C)c(=O)c3ccccc23)CC1. The first kappa shape index (κ1) is 24.4. The molecule has 0 aliphatic carbocycles. The molecular weight excluding hydrogens is 444 g/mol. The third-order valence-corrected chi connectivity index (χ3v) is 6.34. The Balaban J connectivity index is 1.42. The second-order valence-electron chi connectivity index (χ2n) is 9.39. The Bertz CT molecular complexity index is 1280. The van der Waals surface area contributed by atoms with E-state index in [2.05, 4.69) is 10.4 Å². The van der Waals surface area contributed by atoms with Crippen molar-refractivity contribution < 1.29 is 14.3 Å². The van der Waals surface area contributed by atoms with Gasteiger partial charge in [-0.3, -0.25) is 14.4 Å². The molecule has 35 heavy (non-hydrogen) atoms. The second-order valence-corrected chi connectivity index (χ2v) is 9.39. The largest absolute Gasteiger partial charge is 0.496 e. The fourth-order valence-electron chi connectivity index (χ4n) is 4.52. The van der Waals surface area contributed by atoms with Gasteiger partial charge in [0.1, 0.15) is 5.75 Å². The van der Waals surface area contributed by atoms with E-state index in [-0.39, 0.29) is 41.4 Å². The molecule has 1 N–H and O–H groups in total. The van der Waals surface area contributed by atoms with Crippen LogP contribution in [0.4, 0.5) is 0 Å². The fraction of sp³-hybridized carbons (Fsp3) is 0.407. The number of carbonyl (C=O) groups excluding carboxylic acids is 2. The van der Waals surface area contributed by atoms with Crippen molar-refractivity contribution in [2.75, 3.05) is 20.2 Å². The minimum absolute atomic E-state index is 0.0488. The number of hydrogen-bond donors (Lipinski definition) is 1. The molecule has 0 unspecified atom stereocenters. The molecule has 1 aliphatic rings. The Morgan fingerprint density at radius 3 is 2.40 bits per heavy atom. The molecule has 8 nitrogen and oxygen atoms in total. The minimum Gasteiger partial charge on any atom is -0.496 e. The van der Waals surface area contributed by atoms with Gasteiger partial charge in [0, 0.05) is 36.6 Å². The highest BCUT2D eigenvalue weighted by atomic mass is 16.5. The number of piperidine rings is 1. The number of fused-ring (bicyclic) bond motifs is 1. The summed E-state index contributed by atoms with van der Waals surface area (Å²) >= 11 is 0. The number of rotatable bonds is 7. The highest BCUT2D eigenvalue weighted by molar-refractivity contribution is 6.04. The number of amides is 2. The van der Waals surface area contributed by atoms with Gasteiger partial charge in [-0.15, -0.1) is 0 Å². The number of benzene rings is 2. The lowest BCUT2D eigenvalue weighted by Crippen LogP contribution is -2.47. The van der Waals surface area contributed by atoms with E-state index in [1.165, 1.54) is 4.68 Å². The molecule has 8 heteroatoms. The average Bonchev–Trinajstić information content (AvgIpc) is 2.86. The number of carbonyl (C=O) groups is 2. The van der Waals surface area contributed by atoms with E-state index in [4.69, 9.17) is 4.74 Å². The van der Waals surface area contributed by atoms with Crippen LogP contribution in [0.5, 0.6) is 5.75 Å². The van der Waals surface area contributed by atoms with Crippen molar-refractivity contribution in [2.24, 2.45) is 5.92 Å². The van der Waals surface area contributed by atoms with Crippen molar-refractivity contribution in [1.82, 2.24) is 20.0 Å². The van der Waals surface area contributed by atoms with Gasteiger partial charge in [0.05, 0.1) is 18.9 Å². The molecule has 0 spiro atoms. The van der Waals surface area contributed by atoms with Crippen LogP contribution in [0.3, 0.4) is 0 Å². The molecule has 0 radical (unpaired) electrons. The molecule has 184 valence electrons. The van der Waals surface area contributed by atoms with Crippen LogP contribution in [-0.2, 0) is 17.8 Å². The summed E-state index contributed by atoms with van der Waals surface area (Å²) < 4.78 is 6.75. The molecule has 1 aromatic heterocycles. The lowest BCUT2D eigenvalue weighted by atomic mass is 10.0. The lowest BCUT2D eigenvalue weighted by Gasteiger charge is -2.32. The number of para-hydroxylation sites is 1. The van der Waals surface area contributed by atoms with E-state index in [1.54, 1.807) is 31.4 Å². The molecular formula is C27H32N4O4. The zero-order valence-electron chi connectivity index (χ0n) is 20.5. The van der Waals surface area contributed by atoms with E-state index in [9.17, 15) is 14.4 Å². The maximum absolute atomic E-state index is 13.2. The summed E-state index contributed by atoms with van der Waals surface area (Å²) in [6, 6.07) is 14.6. The first-order valence-electron chi connectivity index (χ1n) is 12.1. The van der Waals surface area contributed by atoms with E-state index >= 15 is 0 Å². The predicted molar refractivity (Wildman–Crippen MR) is 135 cm³/mol. The van der Waals surface area contributed by atoms with Crippen molar-refractivity contribution in [3.05, 3.63) is 70.1 Å². The fourth-order valence-corrected chi connectivity index (χ4v) is 4.52. The van der Waals surface area contributed by atoms with Crippen molar-refractivity contribution in [3.8, 4) is 5.75 Å². The summed E-state index contributed by atoms with van der Waals surface area (Å²) in [7, 11) is 1.60. The molecule has 2 amide bonds. The van der Waals surface area contributed by atoms with Gasteiger partial charge in [0.15, 0.2) is 5.69 Å². The molecule has 4 rings (SSSR count). The standard InChI is InChI=1S/C27H32N4O4/c1-18(2)17-31-27(34)22-10-6-5-9-21(22)25(29-31)26(33)28-20-12-14-30(15-13-20)24(32)16-19-8-4-7-11-23(19)35-3/h4-11,18,20H,12-17H2,1-3H3,(H,28,33).